The Kier molecular flexibility index (Phi) is 4.79. The Balaban J connectivity index is 1.53. The average molecular weight is 328 g/mol. The van der Waals surface area contributed by atoms with Crippen LogP contribution in [0.5, 0.6) is 5.75 Å². The molecule has 24 heavy (non-hydrogen) atoms. The third kappa shape index (κ3) is 3.73. The van der Waals surface area contributed by atoms with E-state index in [1.165, 1.54) is 0 Å². The zero-order valence-electron chi connectivity index (χ0n) is 13.3. The predicted octanol–water partition coefficient (Wildman–Crippen LogP) is 1.22. The molecule has 7 heteroatoms. The molecule has 1 aromatic carbocycles. The molecule has 1 aliphatic heterocycles. The van der Waals surface area contributed by atoms with Gasteiger partial charge in [0.2, 0.25) is 5.91 Å². The summed E-state index contributed by atoms with van der Waals surface area (Å²) in [4.78, 5) is 29.3. The Hall–Kier alpha value is -2.83. The van der Waals surface area contributed by atoms with Gasteiger partial charge in [-0.25, -0.2) is 4.98 Å². The molecule has 1 fully saturated rings. The fraction of sp³-hybridized carbons (Fsp3) is 0.353. The Bertz CT molecular complexity index is 697. The molecule has 0 saturated carbocycles. The minimum atomic E-state index is -0.489. The summed E-state index contributed by atoms with van der Waals surface area (Å²) >= 11 is 0. The Morgan fingerprint density at radius 2 is 2.08 bits per heavy atom. The van der Waals surface area contributed by atoms with Crippen molar-refractivity contribution in [3.8, 4) is 5.75 Å². The first-order chi connectivity index (χ1) is 11.6. The van der Waals surface area contributed by atoms with Crippen LogP contribution in [0.4, 0.5) is 0 Å². The lowest BCUT2D eigenvalue weighted by Gasteiger charge is -2.33. The summed E-state index contributed by atoms with van der Waals surface area (Å²) in [5.74, 6) is 0.00630. The lowest BCUT2D eigenvalue weighted by atomic mass is 10.1. The average Bonchev–Trinajstić information content (AvgIpc) is 3.15. The van der Waals surface area contributed by atoms with E-state index in [1.54, 1.807) is 36.8 Å². The van der Waals surface area contributed by atoms with E-state index in [0.717, 1.165) is 19.4 Å². The SMILES string of the molecule is NC(=O)c1ccc(OCC(=O)N2CCC[C@H](n3ccnc3)C2)cc1. The molecule has 2 heterocycles. The summed E-state index contributed by atoms with van der Waals surface area (Å²) in [6.45, 7) is 1.39. The van der Waals surface area contributed by atoms with Gasteiger partial charge in [-0.2, -0.15) is 0 Å². The van der Waals surface area contributed by atoms with Gasteiger partial charge in [-0.1, -0.05) is 0 Å². The maximum atomic E-state index is 12.4. The second-order valence-corrected chi connectivity index (χ2v) is 5.82. The number of benzene rings is 1. The van der Waals surface area contributed by atoms with Crippen molar-refractivity contribution in [1.29, 1.82) is 0 Å². The van der Waals surface area contributed by atoms with Crippen LogP contribution in [-0.4, -0.2) is 46.0 Å². The Labute approximate surface area is 140 Å². The van der Waals surface area contributed by atoms with Crippen molar-refractivity contribution in [3.05, 3.63) is 48.5 Å². The number of likely N-dealkylation sites (tertiary alicyclic amines) is 1. The lowest BCUT2D eigenvalue weighted by Crippen LogP contribution is -2.42. The predicted molar refractivity (Wildman–Crippen MR) is 87.5 cm³/mol. The van der Waals surface area contributed by atoms with Crippen LogP contribution in [0.25, 0.3) is 0 Å². The van der Waals surface area contributed by atoms with E-state index in [1.807, 2.05) is 15.7 Å². The van der Waals surface area contributed by atoms with Gasteiger partial charge in [0, 0.05) is 31.0 Å². The van der Waals surface area contributed by atoms with E-state index in [-0.39, 0.29) is 18.6 Å². The Morgan fingerprint density at radius 3 is 2.75 bits per heavy atom. The highest BCUT2D eigenvalue weighted by molar-refractivity contribution is 5.92. The number of amides is 2. The minimum Gasteiger partial charge on any atom is -0.484 e. The number of aromatic nitrogens is 2. The van der Waals surface area contributed by atoms with Crippen molar-refractivity contribution >= 4 is 11.8 Å². The smallest absolute Gasteiger partial charge is 0.260 e. The summed E-state index contributed by atoms with van der Waals surface area (Å²) in [5.41, 5.74) is 5.60. The molecule has 0 radical (unpaired) electrons. The van der Waals surface area contributed by atoms with Gasteiger partial charge in [-0.3, -0.25) is 9.59 Å². The first kappa shape index (κ1) is 16.0. The monoisotopic (exact) mass is 328 g/mol. The number of rotatable bonds is 5. The molecular weight excluding hydrogens is 308 g/mol. The van der Waals surface area contributed by atoms with Gasteiger partial charge in [0.15, 0.2) is 6.61 Å². The van der Waals surface area contributed by atoms with Crippen LogP contribution < -0.4 is 10.5 Å². The highest BCUT2D eigenvalue weighted by atomic mass is 16.5. The van der Waals surface area contributed by atoms with E-state index in [2.05, 4.69) is 4.98 Å². The van der Waals surface area contributed by atoms with Gasteiger partial charge in [0.25, 0.3) is 5.91 Å². The largest absolute Gasteiger partial charge is 0.484 e. The van der Waals surface area contributed by atoms with E-state index < -0.39 is 5.91 Å². The number of carbonyl (C=O) groups is 2. The molecule has 0 spiro atoms. The van der Waals surface area contributed by atoms with Crippen LogP contribution in [-0.2, 0) is 4.79 Å². The van der Waals surface area contributed by atoms with Gasteiger partial charge < -0.3 is 19.9 Å². The molecule has 1 saturated heterocycles. The molecule has 0 bridgehead atoms. The molecular formula is C17H20N4O3. The molecule has 2 amide bonds. The highest BCUT2D eigenvalue weighted by Crippen LogP contribution is 2.21. The van der Waals surface area contributed by atoms with Gasteiger partial charge >= 0.3 is 0 Å². The molecule has 2 aromatic rings. The van der Waals surface area contributed by atoms with Gasteiger partial charge in [-0.15, -0.1) is 0 Å². The van der Waals surface area contributed by atoms with Gasteiger partial charge in [0.05, 0.1) is 12.4 Å². The summed E-state index contributed by atoms with van der Waals surface area (Å²) in [5, 5.41) is 0. The van der Waals surface area contributed by atoms with Crippen LogP contribution in [0, 0.1) is 0 Å². The third-order valence-corrected chi connectivity index (χ3v) is 4.20. The fourth-order valence-electron chi connectivity index (χ4n) is 2.86. The summed E-state index contributed by atoms with van der Waals surface area (Å²) in [7, 11) is 0. The van der Waals surface area contributed by atoms with E-state index in [4.69, 9.17) is 10.5 Å². The molecule has 0 aliphatic carbocycles. The fourth-order valence-corrected chi connectivity index (χ4v) is 2.86. The molecule has 1 aliphatic rings. The van der Waals surface area contributed by atoms with Crippen LogP contribution in [0.3, 0.4) is 0 Å². The topological polar surface area (TPSA) is 90.5 Å². The van der Waals surface area contributed by atoms with E-state index in [0.29, 0.717) is 17.9 Å². The first-order valence-corrected chi connectivity index (χ1v) is 7.91. The maximum Gasteiger partial charge on any atom is 0.260 e. The number of nitrogens with two attached hydrogens (primary N) is 1. The van der Waals surface area contributed by atoms with Crippen LogP contribution >= 0.6 is 0 Å². The zero-order valence-corrected chi connectivity index (χ0v) is 13.3. The first-order valence-electron chi connectivity index (χ1n) is 7.91. The number of piperidine rings is 1. The van der Waals surface area contributed by atoms with Crippen molar-refractivity contribution in [2.45, 2.75) is 18.9 Å². The van der Waals surface area contributed by atoms with E-state index >= 15 is 0 Å². The number of ether oxygens (including phenoxy) is 1. The van der Waals surface area contributed by atoms with Crippen molar-refractivity contribution in [3.63, 3.8) is 0 Å². The molecule has 3 rings (SSSR count). The van der Waals surface area contributed by atoms with Crippen molar-refractivity contribution in [2.75, 3.05) is 19.7 Å². The number of hydrogen-bond acceptors (Lipinski definition) is 4. The van der Waals surface area contributed by atoms with Gasteiger partial charge in [0.1, 0.15) is 5.75 Å². The molecule has 1 atom stereocenters. The quantitative estimate of drug-likeness (QED) is 0.893. The normalized spacial score (nSPS) is 17.5. The minimum absolute atomic E-state index is 0.0213. The van der Waals surface area contributed by atoms with Gasteiger partial charge in [-0.05, 0) is 37.1 Å². The summed E-state index contributed by atoms with van der Waals surface area (Å²) in [6.07, 6.45) is 7.46. The number of imidazole rings is 1. The molecule has 2 N–H and O–H groups in total. The zero-order chi connectivity index (χ0) is 16.9. The van der Waals surface area contributed by atoms with Crippen molar-refractivity contribution in [2.24, 2.45) is 5.73 Å². The molecule has 1 aromatic heterocycles. The van der Waals surface area contributed by atoms with E-state index in [9.17, 15) is 9.59 Å². The maximum absolute atomic E-state index is 12.4. The summed E-state index contributed by atoms with van der Waals surface area (Å²) < 4.78 is 7.56. The Morgan fingerprint density at radius 1 is 1.29 bits per heavy atom. The number of hydrogen-bond donors (Lipinski definition) is 1. The lowest BCUT2D eigenvalue weighted by molar-refractivity contribution is -0.135. The highest BCUT2D eigenvalue weighted by Gasteiger charge is 2.24. The van der Waals surface area contributed by atoms with Crippen molar-refractivity contribution < 1.29 is 14.3 Å². The number of primary amides is 1. The second kappa shape index (κ2) is 7.16. The molecule has 126 valence electrons. The third-order valence-electron chi connectivity index (χ3n) is 4.20. The molecule has 0 unspecified atom stereocenters. The van der Waals surface area contributed by atoms with Crippen LogP contribution in [0.1, 0.15) is 29.2 Å². The summed E-state index contributed by atoms with van der Waals surface area (Å²) in [6, 6.07) is 6.70. The molecule has 7 nitrogen and oxygen atoms in total. The second-order valence-electron chi connectivity index (χ2n) is 5.82. The number of nitrogens with zero attached hydrogens (tertiary/aromatic N) is 3. The van der Waals surface area contributed by atoms with Crippen LogP contribution in [0.15, 0.2) is 43.0 Å². The standard InChI is InChI=1S/C17H20N4O3/c18-17(23)13-3-5-15(6-4-13)24-11-16(22)20-8-1-2-14(10-20)21-9-7-19-12-21/h3-7,9,12,14H,1-2,8,10-11H2,(H2,18,23)/t14-/m0/s1. The number of carbonyl (C=O) groups excluding carboxylic acids is 2. The van der Waals surface area contributed by atoms with Crippen LogP contribution in [0.2, 0.25) is 0 Å². The van der Waals surface area contributed by atoms with Crippen molar-refractivity contribution in [1.82, 2.24) is 14.5 Å².